The van der Waals surface area contributed by atoms with Crippen LogP contribution in [-0.2, 0) is 4.79 Å². The Morgan fingerprint density at radius 2 is 1.96 bits per heavy atom. The first-order valence-corrected chi connectivity index (χ1v) is 8.04. The normalized spacial score (nSPS) is 9.96. The molecule has 2 N–H and O–H groups in total. The Hall–Kier alpha value is -2.23. The van der Waals surface area contributed by atoms with Gasteiger partial charge in [-0.1, -0.05) is 29.8 Å². The summed E-state index contributed by atoms with van der Waals surface area (Å²) in [6.07, 6.45) is 0. The van der Waals surface area contributed by atoms with Crippen molar-refractivity contribution in [2.75, 3.05) is 22.9 Å². The van der Waals surface area contributed by atoms with Crippen LogP contribution in [0.5, 0.6) is 0 Å². The number of hydrogen-bond donors (Lipinski definition) is 2. The average Bonchev–Trinajstić information content (AvgIpc) is 2.55. The second-order valence-corrected chi connectivity index (χ2v) is 5.87. The molecule has 4 nitrogen and oxygen atoms in total. The van der Waals surface area contributed by atoms with Crippen LogP contribution in [0.4, 0.5) is 15.8 Å². The first kappa shape index (κ1) is 17.1. The predicted octanol–water partition coefficient (Wildman–Crippen LogP) is 4.15. The van der Waals surface area contributed by atoms with Gasteiger partial charge in [0.05, 0.1) is 34.8 Å². The molecular formula is C16H13ClFN3OS. The summed E-state index contributed by atoms with van der Waals surface area (Å²) in [7, 11) is 0. The summed E-state index contributed by atoms with van der Waals surface area (Å²) in [4.78, 5) is 12.8. The van der Waals surface area contributed by atoms with Crippen molar-refractivity contribution in [1.29, 1.82) is 5.26 Å². The van der Waals surface area contributed by atoms with Crippen molar-refractivity contribution in [3.63, 3.8) is 0 Å². The van der Waals surface area contributed by atoms with Crippen LogP contribution in [0, 0.1) is 17.1 Å². The topological polar surface area (TPSA) is 64.9 Å². The highest BCUT2D eigenvalue weighted by Crippen LogP contribution is 2.26. The lowest BCUT2D eigenvalue weighted by molar-refractivity contribution is -0.114. The van der Waals surface area contributed by atoms with Crippen LogP contribution in [0.3, 0.4) is 0 Å². The number of carbonyl (C=O) groups excluding carboxylic acids is 1. The monoisotopic (exact) mass is 349 g/mol. The predicted molar refractivity (Wildman–Crippen MR) is 91.3 cm³/mol. The van der Waals surface area contributed by atoms with Crippen LogP contribution in [-0.4, -0.2) is 18.2 Å². The van der Waals surface area contributed by atoms with E-state index in [9.17, 15) is 9.18 Å². The summed E-state index contributed by atoms with van der Waals surface area (Å²) in [6.45, 7) is -0.103. The Morgan fingerprint density at radius 3 is 2.74 bits per heavy atom. The Labute approximate surface area is 142 Å². The van der Waals surface area contributed by atoms with Crippen molar-refractivity contribution < 1.29 is 9.18 Å². The number of amides is 1. The number of hydrogen-bond acceptors (Lipinski definition) is 4. The number of rotatable bonds is 6. The molecule has 0 radical (unpaired) electrons. The lowest BCUT2D eigenvalue weighted by Gasteiger charge is -2.11. The molecule has 0 spiro atoms. The number of nitrogens with one attached hydrogen (secondary N) is 2. The van der Waals surface area contributed by atoms with Crippen molar-refractivity contribution >= 4 is 40.6 Å². The lowest BCUT2D eigenvalue weighted by atomic mass is 10.3. The molecule has 0 aliphatic heterocycles. The zero-order chi connectivity index (χ0) is 16.7. The van der Waals surface area contributed by atoms with Crippen LogP contribution in [0.2, 0.25) is 5.02 Å². The molecule has 1 amide bonds. The van der Waals surface area contributed by atoms with Crippen molar-refractivity contribution in [2.45, 2.75) is 4.90 Å². The number of benzene rings is 2. The molecule has 23 heavy (non-hydrogen) atoms. The van der Waals surface area contributed by atoms with E-state index in [0.29, 0.717) is 11.4 Å². The van der Waals surface area contributed by atoms with Crippen molar-refractivity contribution in [1.82, 2.24) is 0 Å². The maximum Gasteiger partial charge on any atom is 0.243 e. The van der Waals surface area contributed by atoms with Crippen LogP contribution in [0.25, 0.3) is 0 Å². The third-order valence-corrected chi connectivity index (χ3v) is 4.08. The van der Waals surface area contributed by atoms with Gasteiger partial charge in [-0.2, -0.15) is 5.26 Å². The third-order valence-electron chi connectivity index (χ3n) is 2.84. The minimum absolute atomic E-state index is 0.00587. The van der Waals surface area contributed by atoms with E-state index in [2.05, 4.69) is 10.6 Å². The van der Waals surface area contributed by atoms with Crippen LogP contribution in [0.1, 0.15) is 0 Å². The first-order chi connectivity index (χ1) is 11.1. The van der Waals surface area contributed by atoms with E-state index >= 15 is 0 Å². The molecule has 0 heterocycles. The molecule has 0 bridgehead atoms. The first-order valence-electron chi connectivity index (χ1n) is 6.68. The molecule has 118 valence electrons. The van der Waals surface area contributed by atoms with E-state index in [1.807, 2.05) is 18.2 Å². The Bertz CT molecular complexity index is 748. The fraction of sp³-hybridized carbons (Fsp3) is 0.125. The van der Waals surface area contributed by atoms with Crippen LogP contribution < -0.4 is 10.6 Å². The van der Waals surface area contributed by atoms with E-state index in [4.69, 9.17) is 16.9 Å². The SMILES string of the molecule is N#CCSc1ccccc1NC(=O)CNc1cccc(Cl)c1F. The molecule has 2 aromatic rings. The number of thioether (sulfide) groups is 1. The summed E-state index contributed by atoms with van der Waals surface area (Å²) in [5.41, 5.74) is 0.783. The molecule has 0 aliphatic rings. The van der Waals surface area contributed by atoms with E-state index in [1.54, 1.807) is 18.2 Å². The van der Waals surface area contributed by atoms with Gasteiger partial charge < -0.3 is 10.6 Å². The van der Waals surface area contributed by atoms with Gasteiger partial charge in [-0.25, -0.2) is 4.39 Å². The van der Waals surface area contributed by atoms with Gasteiger partial charge in [-0.3, -0.25) is 4.79 Å². The van der Waals surface area contributed by atoms with E-state index < -0.39 is 5.82 Å². The Kier molecular flexibility index (Phi) is 6.27. The van der Waals surface area contributed by atoms with Crippen molar-refractivity contribution in [2.24, 2.45) is 0 Å². The van der Waals surface area contributed by atoms with Gasteiger partial charge in [0.25, 0.3) is 0 Å². The standard InChI is InChI=1S/C16H13ClFN3OS/c17-11-4-3-6-13(16(11)18)20-10-15(22)21-12-5-1-2-7-14(12)23-9-8-19/h1-7,20H,9-10H2,(H,21,22). The fourth-order valence-corrected chi connectivity index (χ4v) is 2.66. The number of para-hydroxylation sites is 1. The Morgan fingerprint density at radius 1 is 1.22 bits per heavy atom. The number of anilines is 2. The van der Waals surface area contributed by atoms with E-state index in [0.717, 1.165) is 4.90 Å². The van der Waals surface area contributed by atoms with Gasteiger partial charge in [0, 0.05) is 4.90 Å². The average molecular weight is 350 g/mol. The minimum atomic E-state index is -0.591. The van der Waals surface area contributed by atoms with Gasteiger partial charge in [-0.05, 0) is 24.3 Å². The molecule has 0 fully saturated rings. The second kappa shape index (κ2) is 8.42. The highest BCUT2D eigenvalue weighted by molar-refractivity contribution is 7.99. The zero-order valence-electron chi connectivity index (χ0n) is 12.0. The van der Waals surface area contributed by atoms with Gasteiger partial charge in [-0.15, -0.1) is 11.8 Å². The smallest absolute Gasteiger partial charge is 0.243 e. The molecule has 0 aromatic heterocycles. The molecule has 0 unspecified atom stereocenters. The molecule has 0 saturated carbocycles. The summed E-state index contributed by atoms with van der Waals surface area (Å²) in [6, 6.07) is 13.8. The number of halogens is 2. The van der Waals surface area contributed by atoms with E-state index in [1.165, 1.54) is 23.9 Å². The fourth-order valence-electron chi connectivity index (χ4n) is 1.82. The number of carbonyl (C=O) groups is 1. The summed E-state index contributed by atoms with van der Waals surface area (Å²) in [5, 5.41) is 14.1. The molecule has 0 atom stereocenters. The van der Waals surface area contributed by atoms with E-state index in [-0.39, 0.29) is 23.2 Å². The quantitative estimate of drug-likeness (QED) is 0.769. The summed E-state index contributed by atoms with van der Waals surface area (Å²) >= 11 is 7.02. The van der Waals surface area contributed by atoms with Crippen LogP contribution >= 0.6 is 23.4 Å². The Balaban J connectivity index is 1.98. The largest absolute Gasteiger partial charge is 0.374 e. The van der Waals surface area contributed by atoms with Crippen molar-refractivity contribution in [3.8, 4) is 6.07 Å². The van der Waals surface area contributed by atoms with Gasteiger partial charge in [0.1, 0.15) is 0 Å². The molecule has 7 heteroatoms. The third kappa shape index (κ3) is 4.88. The zero-order valence-corrected chi connectivity index (χ0v) is 13.5. The van der Waals surface area contributed by atoms with Gasteiger partial charge >= 0.3 is 0 Å². The highest BCUT2D eigenvalue weighted by atomic mass is 35.5. The van der Waals surface area contributed by atoms with Gasteiger partial charge in [0.2, 0.25) is 5.91 Å². The molecule has 0 aliphatic carbocycles. The number of nitriles is 1. The lowest BCUT2D eigenvalue weighted by Crippen LogP contribution is -2.22. The van der Waals surface area contributed by atoms with Gasteiger partial charge in [0.15, 0.2) is 5.82 Å². The number of nitrogens with zero attached hydrogens (tertiary/aromatic N) is 1. The molecule has 2 rings (SSSR count). The highest BCUT2D eigenvalue weighted by Gasteiger charge is 2.09. The molecular weight excluding hydrogens is 337 g/mol. The van der Waals surface area contributed by atoms with Crippen LogP contribution in [0.15, 0.2) is 47.4 Å². The summed E-state index contributed by atoms with van der Waals surface area (Å²) < 4.78 is 13.7. The molecule has 2 aromatic carbocycles. The molecule has 0 saturated heterocycles. The van der Waals surface area contributed by atoms with Crippen molar-refractivity contribution in [3.05, 3.63) is 53.3 Å². The minimum Gasteiger partial charge on any atom is -0.374 e. The second-order valence-electron chi connectivity index (χ2n) is 4.45. The summed E-state index contributed by atoms with van der Waals surface area (Å²) in [5.74, 6) is -0.625. The maximum atomic E-state index is 13.7. The maximum absolute atomic E-state index is 13.7.